The van der Waals surface area contributed by atoms with Crippen molar-refractivity contribution in [3.63, 3.8) is 0 Å². The van der Waals surface area contributed by atoms with Crippen LogP contribution in [0, 0.1) is 6.92 Å². The third kappa shape index (κ3) is 3.62. The summed E-state index contributed by atoms with van der Waals surface area (Å²) in [7, 11) is 0. The first kappa shape index (κ1) is 18.1. The Morgan fingerprint density at radius 3 is 2.58 bits per heavy atom. The lowest BCUT2D eigenvalue weighted by Gasteiger charge is -2.35. The molecule has 2 aromatic rings. The molecule has 136 valence electrons. The summed E-state index contributed by atoms with van der Waals surface area (Å²) in [5, 5.41) is 9.15. The summed E-state index contributed by atoms with van der Waals surface area (Å²) in [4.78, 5) is 30.4. The van der Waals surface area contributed by atoms with E-state index in [0.29, 0.717) is 17.9 Å². The second-order valence-corrected chi connectivity index (χ2v) is 6.80. The fourth-order valence-corrected chi connectivity index (χ4v) is 3.69. The quantitative estimate of drug-likeness (QED) is 0.894. The number of pyridine rings is 1. The van der Waals surface area contributed by atoms with E-state index in [1.807, 2.05) is 11.0 Å². The molecule has 1 aliphatic rings. The number of carbonyl (C=O) groups excluding carboxylic acids is 1. The normalized spacial score (nSPS) is 16.0. The molecule has 1 aromatic carbocycles. The Hall–Kier alpha value is -2.69. The van der Waals surface area contributed by atoms with Gasteiger partial charge in [-0.05, 0) is 55.9 Å². The standard InChI is InChI=1S/C21H24N2O3/c1-3-12-23(17-9-8-15-6-4-5-7-16(15)13-17)20(24)19-11-10-18(21(25)26)14(2)22-19/h4-7,10-11,17H,3,8-9,12-13H2,1-2H3,(H,25,26). The molecule has 0 radical (unpaired) electrons. The molecule has 1 heterocycles. The van der Waals surface area contributed by atoms with Gasteiger partial charge < -0.3 is 10.0 Å². The maximum absolute atomic E-state index is 13.1. The number of aromatic nitrogens is 1. The van der Waals surface area contributed by atoms with Gasteiger partial charge in [-0.15, -0.1) is 0 Å². The molecule has 1 N–H and O–H groups in total. The van der Waals surface area contributed by atoms with Crippen LogP contribution in [0.4, 0.5) is 0 Å². The second-order valence-electron chi connectivity index (χ2n) is 6.80. The molecule has 5 nitrogen and oxygen atoms in total. The number of benzene rings is 1. The molecule has 0 aliphatic heterocycles. The van der Waals surface area contributed by atoms with Crippen molar-refractivity contribution in [1.29, 1.82) is 0 Å². The molecule has 26 heavy (non-hydrogen) atoms. The van der Waals surface area contributed by atoms with Gasteiger partial charge in [0.15, 0.2) is 0 Å². The molecule has 0 bridgehead atoms. The van der Waals surface area contributed by atoms with E-state index in [9.17, 15) is 9.59 Å². The molecule has 1 atom stereocenters. The van der Waals surface area contributed by atoms with Gasteiger partial charge in [-0.1, -0.05) is 31.2 Å². The number of amides is 1. The minimum Gasteiger partial charge on any atom is -0.478 e. The van der Waals surface area contributed by atoms with Crippen molar-refractivity contribution in [3.05, 3.63) is 64.5 Å². The first-order valence-corrected chi connectivity index (χ1v) is 9.10. The SMILES string of the molecule is CCCN(C(=O)c1ccc(C(=O)O)c(C)n1)C1CCc2ccccc2C1. The number of aryl methyl sites for hydroxylation is 2. The number of carboxylic acid groups (broad SMARTS) is 1. The number of carboxylic acids is 1. The van der Waals surface area contributed by atoms with Crippen LogP contribution in [-0.4, -0.2) is 39.5 Å². The highest BCUT2D eigenvalue weighted by molar-refractivity contribution is 5.94. The summed E-state index contributed by atoms with van der Waals surface area (Å²) in [5.41, 5.74) is 3.50. The Morgan fingerprint density at radius 1 is 1.19 bits per heavy atom. The zero-order valence-corrected chi connectivity index (χ0v) is 15.2. The van der Waals surface area contributed by atoms with Crippen molar-refractivity contribution in [1.82, 2.24) is 9.88 Å². The fourth-order valence-electron chi connectivity index (χ4n) is 3.69. The van der Waals surface area contributed by atoms with Crippen LogP contribution < -0.4 is 0 Å². The van der Waals surface area contributed by atoms with E-state index in [1.54, 1.807) is 6.92 Å². The predicted molar refractivity (Wildman–Crippen MR) is 99.5 cm³/mol. The van der Waals surface area contributed by atoms with Crippen molar-refractivity contribution in [2.24, 2.45) is 0 Å². The largest absolute Gasteiger partial charge is 0.478 e. The molecule has 1 aliphatic carbocycles. The molecule has 0 saturated heterocycles. The van der Waals surface area contributed by atoms with Crippen molar-refractivity contribution in [2.45, 2.75) is 45.6 Å². The molecule has 1 aromatic heterocycles. The number of aromatic carboxylic acids is 1. The Balaban J connectivity index is 1.85. The summed E-state index contributed by atoms with van der Waals surface area (Å²) in [6, 6.07) is 11.6. The zero-order valence-electron chi connectivity index (χ0n) is 15.2. The Morgan fingerprint density at radius 2 is 1.92 bits per heavy atom. The monoisotopic (exact) mass is 352 g/mol. The summed E-state index contributed by atoms with van der Waals surface area (Å²) in [6.45, 7) is 4.36. The molecule has 5 heteroatoms. The second kappa shape index (κ2) is 7.68. The van der Waals surface area contributed by atoms with Crippen molar-refractivity contribution < 1.29 is 14.7 Å². The zero-order chi connectivity index (χ0) is 18.7. The first-order valence-electron chi connectivity index (χ1n) is 9.10. The third-order valence-corrected chi connectivity index (χ3v) is 5.02. The van der Waals surface area contributed by atoms with E-state index >= 15 is 0 Å². The highest BCUT2D eigenvalue weighted by atomic mass is 16.4. The molecular weight excluding hydrogens is 328 g/mol. The summed E-state index contributed by atoms with van der Waals surface area (Å²) >= 11 is 0. The number of hydrogen-bond acceptors (Lipinski definition) is 3. The van der Waals surface area contributed by atoms with Crippen LogP contribution in [0.5, 0.6) is 0 Å². The number of carbonyl (C=O) groups is 2. The minimum absolute atomic E-state index is 0.115. The van der Waals surface area contributed by atoms with Crippen LogP contribution in [0.2, 0.25) is 0 Å². The van der Waals surface area contributed by atoms with E-state index in [2.05, 4.69) is 30.1 Å². The fraction of sp³-hybridized carbons (Fsp3) is 0.381. The van der Waals surface area contributed by atoms with Crippen LogP contribution >= 0.6 is 0 Å². The molecule has 1 unspecified atom stereocenters. The van der Waals surface area contributed by atoms with Crippen LogP contribution in [0.25, 0.3) is 0 Å². The smallest absolute Gasteiger partial charge is 0.337 e. The van der Waals surface area contributed by atoms with Gasteiger partial charge in [-0.2, -0.15) is 0 Å². The van der Waals surface area contributed by atoms with E-state index < -0.39 is 5.97 Å². The maximum Gasteiger partial charge on any atom is 0.337 e. The molecule has 3 rings (SSSR count). The van der Waals surface area contributed by atoms with Gasteiger partial charge in [0.2, 0.25) is 0 Å². The third-order valence-electron chi connectivity index (χ3n) is 5.02. The summed E-state index contributed by atoms with van der Waals surface area (Å²) < 4.78 is 0. The number of nitrogens with zero attached hydrogens (tertiary/aromatic N) is 2. The van der Waals surface area contributed by atoms with E-state index in [1.165, 1.54) is 23.3 Å². The highest BCUT2D eigenvalue weighted by Gasteiger charge is 2.28. The lowest BCUT2D eigenvalue weighted by atomic mass is 9.87. The molecular formula is C21H24N2O3. The van der Waals surface area contributed by atoms with Crippen LogP contribution in [0.1, 0.15) is 57.4 Å². The van der Waals surface area contributed by atoms with Crippen molar-refractivity contribution in [3.8, 4) is 0 Å². The van der Waals surface area contributed by atoms with Gasteiger partial charge in [-0.25, -0.2) is 9.78 Å². The predicted octanol–water partition coefficient (Wildman–Crippen LogP) is 3.50. The van der Waals surface area contributed by atoms with Gasteiger partial charge in [0, 0.05) is 12.6 Å². The lowest BCUT2D eigenvalue weighted by Crippen LogP contribution is -2.44. The minimum atomic E-state index is -1.02. The molecule has 0 saturated carbocycles. The Labute approximate surface area is 153 Å². The van der Waals surface area contributed by atoms with Crippen LogP contribution in [0.3, 0.4) is 0 Å². The summed E-state index contributed by atoms with van der Waals surface area (Å²) in [6.07, 6.45) is 3.64. The first-order chi connectivity index (χ1) is 12.5. The maximum atomic E-state index is 13.1. The van der Waals surface area contributed by atoms with Crippen LogP contribution in [-0.2, 0) is 12.8 Å². The number of rotatable bonds is 5. The highest BCUT2D eigenvalue weighted by Crippen LogP contribution is 2.25. The van der Waals surface area contributed by atoms with Gasteiger partial charge in [0.25, 0.3) is 5.91 Å². The van der Waals surface area contributed by atoms with Gasteiger partial charge in [0.05, 0.1) is 11.3 Å². The van der Waals surface area contributed by atoms with E-state index in [0.717, 1.165) is 25.7 Å². The van der Waals surface area contributed by atoms with Crippen molar-refractivity contribution >= 4 is 11.9 Å². The number of fused-ring (bicyclic) bond motifs is 1. The number of hydrogen-bond donors (Lipinski definition) is 1. The van der Waals surface area contributed by atoms with Gasteiger partial charge in [0.1, 0.15) is 5.69 Å². The van der Waals surface area contributed by atoms with E-state index in [4.69, 9.17) is 5.11 Å². The molecule has 0 fully saturated rings. The average molecular weight is 352 g/mol. The summed E-state index contributed by atoms with van der Waals surface area (Å²) in [5.74, 6) is -1.14. The topological polar surface area (TPSA) is 70.5 Å². The van der Waals surface area contributed by atoms with Crippen molar-refractivity contribution in [2.75, 3.05) is 6.54 Å². The van der Waals surface area contributed by atoms with E-state index in [-0.39, 0.29) is 17.5 Å². The Bertz CT molecular complexity index is 832. The Kier molecular flexibility index (Phi) is 5.35. The molecule has 1 amide bonds. The average Bonchev–Trinajstić information content (AvgIpc) is 2.64. The molecule has 0 spiro atoms. The van der Waals surface area contributed by atoms with Gasteiger partial charge in [-0.3, -0.25) is 4.79 Å². The van der Waals surface area contributed by atoms with Crippen LogP contribution in [0.15, 0.2) is 36.4 Å². The lowest BCUT2D eigenvalue weighted by molar-refractivity contribution is 0.0650. The van der Waals surface area contributed by atoms with Gasteiger partial charge >= 0.3 is 5.97 Å².